The van der Waals surface area contributed by atoms with Crippen LogP contribution in [0.5, 0.6) is 0 Å². The number of aryl methyl sites for hydroxylation is 1. The molecule has 152 valence electrons. The molecule has 7 heteroatoms. The van der Waals surface area contributed by atoms with Gasteiger partial charge in [-0.05, 0) is 51.3 Å². The van der Waals surface area contributed by atoms with E-state index in [0.717, 1.165) is 31.1 Å². The van der Waals surface area contributed by atoms with Crippen molar-refractivity contribution in [2.24, 2.45) is 5.92 Å². The van der Waals surface area contributed by atoms with E-state index in [-0.39, 0.29) is 11.4 Å². The number of hydrogen-bond donors (Lipinski definition) is 1. The summed E-state index contributed by atoms with van der Waals surface area (Å²) in [6.45, 7) is 9.51. The van der Waals surface area contributed by atoms with Crippen LogP contribution in [-0.2, 0) is 11.2 Å². The number of hydrogen-bond acceptors (Lipinski definition) is 5. The van der Waals surface area contributed by atoms with Crippen molar-refractivity contribution in [3.8, 4) is 11.4 Å². The highest BCUT2D eigenvalue weighted by Gasteiger charge is 2.26. The Kier molecular flexibility index (Phi) is 6.73. The minimum Gasteiger partial charge on any atom is -0.350 e. The molecule has 1 fully saturated rings. The first-order valence-corrected chi connectivity index (χ1v) is 10.3. The quantitative estimate of drug-likeness (QED) is 0.756. The number of nitrogens with one attached hydrogen (secondary N) is 1. The summed E-state index contributed by atoms with van der Waals surface area (Å²) < 4.78 is 5.28. The lowest BCUT2D eigenvalue weighted by atomic mass is 9.97. The Morgan fingerprint density at radius 1 is 1.39 bits per heavy atom. The van der Waals surface area contributed by atoms with E-state index < -0.39 is 0 Å². The van der Waals surface area contributed by atoms with Crippen LogP contribution in [0.25, 0.3) is 11.4 Å². The van der Waals surface area contributed by atoms with Crippen molar-refractivity contribution in [1.29, 1.82) is 0 Å². The topological polar surface area (TPSA) is 71.3 Å². The van der Waals surface area contributed by atoms with Crippen molar-refractivity contribution in [1.82, 2.24) is 20.4 Å². The zero-order valence-corrected chi connectivity index (χ0v) is 17.6. The second-order valence-corrected chi connectivity index (χ2v) is 8.81. The molecule has 0 radical (unpaired) electrons. The third-order valence-electron chi connectivity index (χ3n) is 4.99. The third-order valence-corrected chi connectivity index (χ3v) is 5.32. The van der Waals surface area contributed by atoms with Crippen molar-refractivity contribution in [2.75, 3.05) is 19.6 Å². The summed E-state index contributed by atoms with van der Waals surface area (Å²) in [7, 11) is 0. The highest BCUT2D eigenvalue weighted by molar-refractivity contribution is 6.33. The number of rotatable bonds is 7. The summed E-state index contributed by atoms with van der Waals surface area (Å²) in [6.07, 6.45) is 3.24. The predicted molar refractivity (Wildman–Crippen MR) is 110 cm³/mol. The van der Waals surface area contributed by atoms with Crippen molar-refractivity contribution < 1.29 is 9.32 Å². The minimum absolute atomic E-state index is 0.00690. The van der Waals surface area contributed by atoms with Gasteiger partial charge >= 0.3 is 0 Å². The van der Waals surface area contributed by atoms with Gasteiger partial charge < -0.3 is 14.7 Å². The van der Waals surface area contributed by atoms with E-state index in [0.29, 0.717) is 29.6 Å². The van der Waals surface area contributed by atoms with Gasteiger partial charge in [0.1, 0.15) is 0 Å². The molecule has 1 amide bonds. The largest absolute Gasteiger partial charge is 0.350 e. The summed E-state index contributed by atoms with van der Waals surface area (Å²) in [4.78, 5) is 19.2. The maximum atomic E-state index is 12.4. The van der Waals surface area contributed by atoms with Gasteiger partial charge in [0.2, 0.25) is 17.6 Å². The molecule has 1 aromatic heterocycles. The highest BCUT2D eigenvalue weighted by atomic mass is 35.5. The maximum absolute atomic E-state index is 12.4. The predicted octanol–water partition coefficient (Wildman–Crippen LogP) is 3.95. The standard InChI is InChI=1S/C21H29ClN4O2/c1-15-7-6-12-26(13-15)14-21(2,3)24-18(27)10-11-19-23-20(25-28-19)16-8-4-5-9-17(16)22/h4-5,8-9,15H,6-7,10-14H2,1-3H3,(H,24,27)/t15-/m1/s1. The van der Waals surface area contributed by atoms with Crippen LogP contribution in [0.1, 0.15) is 45.9 Å². The van der Waals surface area contributed by atoms with Gasteiger partial charge in [-0.15, -0.1) is 0 Å². The lowest BCUT2D eigenvalue weighted by molar-refractivity contribution is -0.123. The molecule has 1 saturated heterocycles. The Morgan fingerprint density at radius 2 is 2.18 bits per heavy atom. The molecule has 1 aromatic carbocycles. The molecular formula is C21H29ClN4O2. The molecule has 2 heterocycles. The zero-order valence-electron chi connectivity index (χ0n) is 16.9. The van der Waals surface area contributed by atoms with E-state index in [1.165, 1.54) is 12.8 Å². The molecule has 0 unspecified atom stereocenters. The van der Waals surface area contributed by atoms with Gasteiger partial charge in [-0.25, -0.2) is 0 Å². The van der Waals surface area contributed by atoms with Crippen LogP contribution in [0, 0.1) is 5.92 Å². The summed E-state index contributed by atoms with van der Waals surface area (Å²) in [5.41, 5.74) is 0.451. The van der Waals surface area contributed by atoms with Gasteiger partial charge in [-0.2, -0.15) is 4.98 Å². The number of likely N-dealkylation sites (tertiary alicyclic amines) is 1. The Morgan fingerprint density at radius 3 is 2.93 bits per heavy atom. The number of amides is 1. The van der Waals surface area contributed by atoms with E-state index in [1.54, 1.807) is 6.07 Å². The monoisotopic (exact) mass is 404 g/mol. The van der Waals surface area contributed by atoms with Gasteiger partial charge in [-0.3, -0.25) is 4.79 Å². The lowest BCUT2D eigenvalue weighted by Crippen LogP contribution is -2.53. The van der Waals surface area contributed by atoms with Crippen LogP contribution in [0.3, 0.4) is 0 Å². The fourth-order valence-corrected chi connectivity index (χ4v) is 4.02. The number of piperidine rings is 1. The number of benzene rings is 1. The van der Waals surface area contributed by atoms with Gasteiger partial charge in [0, 0.05) is 37.0 Å². The average Bonchev–Trinajstić information content (AvgIpc) is 3.08. The Hall–Kier alpha value is -1.92. The summed E-state index contributed by atoms with van der Waals surface area (Å²) in [5.74, 6) is 1.60. The number of halogens is 1. The second-order valence-electron chi connectivity index (χ2n) is 8.41. The molecule has 0 saturated carbocycles. The van der Waals surface area contributed by atoms with E-state index >= 15 is 0 Å². The van der Waals surface area contributed by atoms with Crippen LogP contribution in [0.4, 0.5) is 0 Å². The van der Waals surface area contributed by atoms with E-state index in [4.69, 9.17) is 16.1 Å². The smallest absolute Gasteiger partial charge is 0.227 e. The van der Waals surface area contributed by atoms with E-state index in [1.807, 2.05) is 18.2 Å². The van der Waals surface area contributed by atoms with Gasteiger partial charge in [0.15, 0.2) is 0 Å². The lowest BCUT2D eigenvalue weighted by Gasteiger charge is -2.37. The molecule has 1 aliphatic rings. The molecule has 1 N–H and O–H groups in total. The van der Waals surface area contributed by atoms with Crippen molar-refractivity contribution in [3.05, 3.63) is 35.2 Å². The first kappa shape index (κ1) is 20.8. The Labute approximate surface area is 171 Å². The third kappa shape index (κ3) is 5.79. The van der Waals surface area contributed by atoms with Crippen molar-refractivity contribution >= 4 is 17.5 Å². The number of aromatic nitrogens is 2. The first-order valence-electron chi connectivity index (χ1n) is 9.93. The SMILES string of the molecule is C[C@@H]1CCCN(CC(C)(C)NC(=O)CCc2nc(-c3ccccc3Cl)no2)C1. The summed E-state index contributed by atoms with van der Waals surface area (Å²) >= 11 is 6.17. The van der Waals surface area contributed by atoms with Gasteiger partial charge in [0.05, 0.1) is 5.02 Å². The summed E-state index contributed by atoms with van der Waals surface area (Å²) in [5, 5.41) is 7.69. The van der Waals surface area contributed by atoms with Gasteiger partial charge in [-0.1, -0.05) is 35.8 Å². The minimum atomic E-state index is -0.272. The Balaban J connectivity index is 1.49. The van der Waals surface area contributed by atoms with E-state index in [2.05, 4.69) is 41.1 Å². The normalized spacial score (nSPS) is 18.2. The number of carbonyl (C=O) groups is 1. The van der Waals surface area contributed by atoms with E-state index in [9.17, 15) is 4.79 Å². The van der Waals surface area contributed by atoms with Crippen LogP contribution < -0.4 is 5.32 Å². The van der Waals surface area contributed by atoms with Crippen molar-refractivity contribution in [3.63, 3.8) is 0 Å². The Bertz CT molecular complexity index is 805. The average molecular weight is 405 g/mol. The second kappa shape index (κ2) is 9.05. The molecular weight excluding hydrogens is 376 g/mol. The highest BCUT2D eigenvalue weighted by Crippen LogP contribution is 2.25. The number of nitrogens with zero attached hydrogens (tertiary/aromatic N) is 3. The molecule has 0 aliphatic carbocycles. The number of carbonyl (C=O) groups excluding carboxylic acids is 1. The molecule has 1 atom stereocenters. The molecule has 6 nitrogen and oxygen atoms in total. The fraction of sp³-hybridized carbons (Fsp3) is 0.571. The molecule has 1 aliphatic heterocycles. The van der Waals surface area contributed by atoms with Crippen molar-refractivity contribution in [2.45, 2.75) is 52.0 Å². The molecule has 0 spiro atoms. The van der Waals surface area contributed by atoms with Crippen LogP contribution in [0.15, 0.2) is 28.8 Å². The molecule has 28 heavy (non-hydrogen) atoms. The van der Waals surface area contributed by atoms with Gasteiger partial charge in [0.25, 0.3) is 0 Å². The molecule has 0 bridgehead atoms. The first-order chi connectivity index (χ1) is 13.3. The maximum Gasteiger partial charge on any atom is 0.227 e. The molecule has 2 aromatic rings. The zero-order chi connectivity index (χ0) is 20.1. The fourth-order valence-electron chi connectivity index (χ4n) is 3.80. The van der Waals surface area contributed by atoms with Crippen LogP contribution in [-0.4, -0.2) is 46.1 Å². The summed E-state index contributed by atoms with van der Waals surface area (Å²) in [6, 6.07) is 7.35. The molecule has 3 rings (SSSR count). The van der Waals surface area contributed by atoms with Crippen LogP contribution >= 0.6 is 11.6 Å². The van der Waals surface area contributed by atoms with Crippen LogP contribution in [0.2, 0.25) is 5.02 Å².